The van der Waals surface area contributed by atoms with Gasteiger partial charge in [-0.1, -0.05) is 18.2 Å². The van der Waals surface area contributed by atoms with Crippen LogP contribution >= 0.6 is 0 Å². The third-order valence-electron chi connectivity index (χ3n) is 20.3. The maximum atomic E-state index is 15.6. The number of ether oxygens (including phenoxy) is 3. The van der Waals surface area contributed by atoms with Crippen molar-refractivity contribution < 1.29 is 74.6 Å². The molecule has 18 rings (SSSR count). The molecule has 3 fully saturated rings. The van der Waals surface area contributed by atoms with E-state index in [1.807, 2.05) is 41.0 Å². The van der Waals surface area contributed by atoms with E-state index in [2.05, 4.69) is 39.7 Å². The van der Waals surface area contributed by atoms with Crippen LogP contribution in [0.15, 0.2) is 176 Å². The van der Waals surface area contributed by atoms with Crippen molar-refractivity contribution >= 4 is 83.3 Å². The lowest BCUT2D eigenvalue weighted by Crippen LogP contribution is -2.17. The smallest absolute Gasteiger partial charge is 0.338 e. The molecule has 0 saturated carbocycles. The number of benzene rings is 9. The van der Waals surface area contributed by atoms with Gasteiger partial charge in [0.25, 0.3) is 0 Å². The number of aromatic nitrogens is 9. The third-order valence-corrected chi connectivity index (χ3v) is 20.3. The van der Waals surface area contributed by atoms with Crippen molar-refractivity contribution in [3.8, 4) is 50.4 Å². The summed E-state index contributed by atoms with van der Waals surface area (Å²) < 4.78 is 125. The molecular weight excluding hydrogens is 1380 g/mol. The predicted molar refractivity (Wildman–Crippen MR) is 384 cm³/mol. The lowest BCUT2D eigenvalue weighted by atomic mass is 9.89. The zero-order valence-corrected chi connectivity index (χ0v) is 56.1. The van der Waals surface area contributed by atoms with Gasteiger partial charge in [-0.15, -0.1) is 0 Å². The Morgan fingerprint density at radius 2 is 0.745 bits per heavy atom. The van der Waals surface area contributed by atoms with Crippen molar-refractivity contribution in [2.24, 2.45) is 0 Å². The number of carboxylic acids is 3. The van der Waals surface area contributed by atoms with Gasteiger partial charge < -0.3 is 43.2 Å². The first-order valence-corrected chi connectivity index (χ1v) is 34.3. The summed E-state index contributed by atoms with van der Waals surface area (Å²) in [7, 11) is 0. The lowest BCUT2D eigenvalue weighted by molar-refractivity contribution is 0.0680. The van der Waals surface area contributed by atoms with Gasteiger partial charge in [0, 0.05) is 152 Å². The van der Waals surface area contributed by atoms with Gasteiger partial charge in [-0.05, 0) is 184 Å². The van der Waals surface area contributed by atoms with Crippen LogP contribution in [0, 0.1) is 40.7 Å². The summed E-state index contributed by atoms with van der Waals surface area (Å²) in [6.07, 6.45) is 9.50. The molecule has 25 heteroatoms. The predicted octanol–water partition coefficient (Wildman–Crippen LogP) is 18.3. The third kappa shape index (κ3) is 12.4. The fourth-order valence-corrected chi connectivity index (χ4v) is 15.4. The van der Waals surface area contributed by atoms with E-state index in [4.69, 9.17) is 14.2 Å². The largest absolute Gasteiger partial charge is 0.478 e. The van der Waals surface area contributed by atoms with Crippen molar-refractivity contribution in [3.05, 3.63) is 251 Å². The van der Waals surface area contributed by atoms with Gasteiger partial charge in [0.1, 0.15) is 29.1 Å². The number of nitrogens with one attached hydrogen (secondary N) is 3. The highest BCUT2D eigenvalue weighted by atomic mass is 19.2. The zero-order chi connectivity index (χ0) is 73.2. The molecule has 3 aliphatic heterocycles. The maximum absolute atomic E-state index is 15.6. The Balaban J connectivity index is 0.000000122. The van der Waals surface area contributed by atoms with E-state index in [9.17, 15) is 51.7 Å². The zero-order valence-electron chi connectivity index (χ0n) is 56.1. The standard InChI is InChI=1S/C27H20F3N3O3.2C27H21F2N3O3/c28-16-1-3-17(4-2-16)33-22-11-15-13-31-32-21(15)12-20(22)23(26(33)14-7-9-36-10-8-14)18-5-6-19(27(34)35)25(30)24(18)29;28-18-2-4-19(5-3-18)32-24-12-17-14-30-31-23(17)13-21(24)25(26(32)15-7-9-35-10-8-15)20-6-1-16(27(33)34)11-22(20)29;28-18-2-4-19(5-3-18)32-24-12-17-14-30-31-23(17)13-21(24)25(26(32)15-7-9-35-10-8-15)16-1-6-20(27(33)34)22(29)11-16/h1-6,11-14H,7-10H2,(H,31,32)(H,34,35);2*1-6,11-15H,7-10H2,(H,30,31)(H,33,34). The molecule has 9 heterocycles. The lowest BCUT2D eigenvalue weighted by Gasteiger charge is -2.26. The minimum Gasteiger partial charge on any atom is -0.478 e. The van der Waals surface area contributed by atoms with Crippen molar-refractivity contribution in [2.45, 2.75) is 56.3 Å². The minimum absolute atomic E-state index is 0.0382. The molecule has 0 unspecified atom stereocenters. The summed E-state index contributed by atoms with van der Waals surface area (Å²) in [5.74, 6) is -9.06. The number of hydrogen-bond acceptors (Lipinski definition) is 9. The van der Waals surface area contributed by atoms with E-state index in [1.165, 1.54) is 66.7 Å². The van der Waals surface area contributed by atoms with Gasteiger partial charge in [0.05, 0.1) is 68.4 Å². The number of hydrogen-bond donors (Lipinski definition) is 6. The monoisotopic (exact) mass is 1440 g/mol. The second kappa shape index (κ2) is 28.1. The van der Waals surface area contributed by atoms with E-state index >= 15 is 8.78 Å². The highest BCUT2D eigenvalue weighted by Gasteiger charge is 2.35. The SMILES string of the molecule is O=C(O)c1ccc(-c2c(C3CCOCC3)n(-c3ccc(F)cc3)c3cc4cn[nH]c4cc23)c(F)c1.O=C(O)c1ccc(-c2c(C3CCOCC3)n(-c3ccc(F)cc3)c3cc4cn[nH]c4cc23)c(F)c1F.O=C(O)c1ccc(-c2c(C3CCOCC3)n(-c3ccc(F)cc3)c3cc4cn[nH]c4cc23)cc1F. The summed E-state index contributed by atoms with van der Waals surface area (Å²) in [6.45, 7) is 3.39. The Bertz CT molecular complexity index is 5940. The number of carboxylic acid groups (broad SMARTS) is 3. The second-order valence-electron chi connectivity index (χ2n) is 26.4. The van der Waals surface area contributed by atoms with Gasteiger partial charge in [-0.3, -0.25) is 15.3 Å². The molecule has 9 aromatic carbocycles. The molecule has 0 atom stereocenters. The first kappa shape index (κ1) is 68.2. The molecular formula is C81H62F7N9O9. The van der Waals surface area contributed by atoms with Crippen molar-refractivity contribution in [1.82, 2.24) is 44.3 Å². The van der Waals surface area contributed by atoms with Crippen LogP contribution in [0.3, 0.4) is 0 Å². The van der Waals surface area contributed by atoms with E-state index in [0.29, 0.717) is 96.8 Å². The molecule has 6 N–H and O–H groups in total. The first-order valence-electron chi connectivity index (χ1n) is 34.3. The van der Waals surface area contributed by atoms with Crippen LogP contribution in [0.2, 0.25) is 0 Å². The molecule has 0 bridgehead atoms. The van der Waals surface area contributed by atoms with Gasteiger partial charge in [0.2, 0.25) is 0 Å². The Morgan fingerprint density at radius 1 is 0.377 bits per heavy atom. The molecule has 534 valence electrons. The Labute approximate surface area is 596 Å². The van der Waals surface area contributed by atoms with Crippen molar-refractivity contribution in [2.75, 3.05) is 39.6 Å². The fraction of sp³-hybridized carbons (Fsp3) is 0.185. The molecule has 0 radical (unpaired) electrons. The number of aromatic amines is 3. The van der Waals surface area contributed by atoms with E-state index in [-0.39, 0.29) is 46.1 Å². The van der Waals surface area contributed by atoms with Crippen LogP contribution < -0.4 is 0 Å². The average Bonchev–Trinajstić information content (AvgIpc) is 1.58. The van der Waals surface area contributed by atoms with Crippen LogP contribution in [0.5, 0.6) is 0 Å². The quantitative estimate of drug-likeness (QED) is 0.0626. The molecule has 0 spiro atoms. The molecule has 0 amide bonds. The number of carbonyl (C=O) groups is 3. The van der Waals surface area contributed by atoms with E-state index < -0.39 is 52.6 Å². The Kier molecular flexibility index (Phi) is 18.1. The number of fused-ring (bicyclic) bond motifs is 6. The van der Waals surface area contributed by atoms with Gasteiger partial charge >= 0.3 is 17.9 Å². The summed E-state index contributed by atoms with van der Waals surface area (Å²) in [5, 5.41) is 54.2. The number of halogens is 7. The van der Waals surface area contributed by atoms with Gasteiger partial charge in [-0.25, -0.2) is 45.1 Å². The van der Waals surface area contributed by atoms with E-state index in [0.717, 1.165) is 121 Å². The fourth-order valence-electron chi connectivity index (χ4n) is 15.4. The van der Waals surface area contributed by atoms with Gasteiger partial charge in [-0.2, -0.15) is 15.3 Å². The molecule has 0 aliphatic carbocycles. The average molecular weight is 1440 g/mol. The van der Waals surface area contributed by atoms with Gasteiger partial charge in [0.15, 0.2) is 11.6 Å². The number of H-pyrrole nitrogens is 3. The number of aromatic carboxylic acids is 3. The summed E-state index contributed by atoms with van der Waals surface area (Å²) in [5.41, 5.74) is 11.2. The molecule has 15 aromatic rings. The summed E-state index contributed by atoms with van der Waals surface area (Å²) in [6, 6.07) is 40.9. The molecule has 106 heavy (non-hydrogen) atoms. The molecule has 6 aromatic heterocycles. The molecule has 3 aliphatic rings. The van der Waals surface area contributed by atoms with Crippen molar-refractivity contribution in [1.29, 1.82) is 0 Å². The number of nitrogens with zero attached hydrogens (tertiary/aromatic N) is 6. The van der Waals surface area contributed by atoms with Crippen LogP contribution in [0.1, 0.15) is 104 Å². The number of rotatable bonds is 12. The molecule has 3 saturated heterocycles. The van der Waals surface area contributed by atoms with E-state index in [1.54, 1.807) is 61.1 Å². The Morgan fingerprint density at radius 3 is 1.12 bits per heavy atom. The van der Waals surface area contributed by atoms with Crippen LogP contribution in [-0.2, 0) is 14.2 Å². The van der Waals surface area contributed by atoms with Crippen molar-refractivity contribution in [3.63, 3.8) is 0 Å². The molecule has 18 nitrogen and oxygen atoms in total. The highest BCUT2D eigenvalue weighted by Crippen LogP contribution is 2.50. The van der Waals surface area contributed by atoms with Crippen LogP contribution in [-0.4, -0.2) is 117 Å². The summed E-state index contributed by atoms with van der Waals surface area (Å²) >= 11 is 0. The highest BCUT2D eigenvalue weighted by molar-refractivity contribution is 6.09. The Hall–Kier alpha value is -12.2. The minimum atomic E-state index is -1.55. The maximum Gasteiger partial charge on any atom is 0.338 e. The normalized spacial score (nSPS) is 14.7. The van der Waals surface area contributed by atoms with Crippen LogP contribution in [0.4, 0.5) is 30.7 Å². The van der Waals surface area contributed by atoms with Crippen LogP contribution in [0.25, 0.3) is 116 Å². The second-order valence-corrected chi connectivity index (χ2v) is 26.4. The summed E-state index contributed by atoms with van der Waals surface area (Å²) in [4.78, 5) is 34.3. The topological polar surface area (TPSA) is 240 Å². The first-order chi connectivity index (χ1) is 51.5.